The minimum absolute atomic E-state index is 1.08. The van der Waals surface area contributed by atoms with Crippen molar-refractivity contribution >= 4 is 82.0 Å². The smallest absolute Gasteiger partial charge is 0.0547 e. The summed E-state index contributed by atoms with van der Waals surface area (Å²) in [6.07, 6.45) is 0. The third-order valence-electron chi connectivity index (χ3n) is 13.6. The van der Waals surface area contributed by atoms with Gasteiger partial charge in [-0.3, -0.25) is 0 Å². The predicted octanol–water partition coefficient (Wildman–Crippen LogP) is 17.9. The molecule has 0 saturated carbocycles. The van der Waals surface area contributed by atoms with Crippen LogP contribution in [0.4, 0.5) is 17.1 Å². The summed E-state index contributed by atoms with van der Waals surface area (Å²) < 4.78 is 2.42. The number of rotatable bonds is 7. The van der Waals surface area contributed by atoms with Crippen molar-refractivity contribution < 1.29 is 0 Å². The van der Waals surface area contributed by atoms with E-state index in [1.807, 2.05) is 0 Å². The van der Waals surface area contributed by atoms with E-state index in [0.717, 1.165) is 28.3 Å². The fourth-order valence-electron chi connectivity index (χ4n) is 10.5. The van der Waals surface area contributed by atoms with Gasteiger partial charge >= 0.3 is 0 Å². The normalized spacial score (nSPS) is 11.6. The van der Waals surface area contributed by atoms with Gasteiger partial charge in [0.25, 0.3) is 0 Å². The SMILES string of the molecule is c1cc(-c2ccc(N(c3ccccc3-c3cccc4ccccc34)c3ccc(-c4ccc5ccccc5c4)c4ccccc34)cc2)cc(-n2c3ccccc3c3c4ccccc4ccc32)c1. The van der Waals surface area contributed by atoms with Crippen LogP contribution in [0.2, 0.25) is 0 Å². The molecule has 1 heterocycles. The first-order valence-electron chi connectivity index (χ1n) is 22.8. The average Bonchev–Trinajstić information content (AvgIpc) is 3.74. The molecule has 0 saturated heterocycles. The summed E-state index contributed by atoms with van der Waals surface area (Å²) in [5, 5.41) is 12.4. The lowest BCUT2D eigenvalue weighted by Gasteiger charge is -2.30. The molecule has 12 aromatic carbocycles. The summed E-state index contributed by atoms with van der Waals surface area (Å²) in [7, 11) is 0. The van der Waals surface area contributed by atoms with E-state index in [1.54, 1.807) is 0 Å². The standard InChI is InChI=1S/C64H42N2/c1-2-18-47-41-49(32-31-43(47)15-1)53-38-40-62(58-25-8-7-24-55(53)58)65(60-29-11-9-26-57(60)56-28-14-19-45-16-3-5-22-52(45)56)50-36-33-44(34-37-50)48-20-13-21-51(42-48)66-61-30-12-10-27-59(61)64-54-23-6-4-17-46(54)35-39-63(64)66/h1-42H. The molecule has 0 aliphatic heterocycles. The lowest BCUT2D eigenvalue weighted by Crippen LogP contribution is -2.12. The van der Waals surface area contributed by atoms with Gasteiger partial charge in [-0.15, -0.1) is 0 Å². The molecular formula is C64H42N2. The molecule has 0 unspecified atom stereocenters. The number of aromatic nitrogens is 1. The number of hydrogen-bond acceptors (Lipinski definition) is 1. The number of nitrogens with zero attached hydrogens (tertiary/aromatic N) is 2. The van der Waals surface area contributed by atoms with Crippen LogP contribution in [0.5, 0.6) is 0 Å². The number of benzene rings is 12. The molecule has 0 atom stereocenters. The number of hydrogen-bond donors (Lipinski definition) is 0. The van der Waals surface area contributed by atoms with E-state index < -0.39 is 0 Å². The summed E-state index contributed by atoms with van der Waals surface area (Å²) in [6, 6.07) is 93.3. The van der Waals surface area contributed by atoms with Gasteiger partial charge in [0, 0.05) is 33.1 Å². The minimum Gasteiger partial charge on any atom is -0.309 e. The fourth-order valence-corrected chi connectivity index (χ4v) is 10.5. The van der Waals surface area contributed by atoms with Crippen molar-refractivity contribution in [2.75, 3.05) is 4.90 Å². The van der Waals surface area contributed by atoms with E-state index in [4.69, 9.17) is 0 Å². The van der Waals surface area contributed by atoms with Crippen LogP contribution >= 0.6 is 0 Å². The molecule has 13 rings (SSSR count). The summed E-state index contributed by atoms with van der Waals surface area (Å²) in [5.41, 5.74) is 14.0. The van der Waals surface area contributed by atoms with Crippen LogP contribution in [0, 0.1) is 0 Å². The second-order valence-corrected chi connectivity index (χ2v) is 17.2. The van der Waals surface area contributed by atoms with Gasteiger partial charge < -0.3 is 9.47 Å². The Bertz CT molecular complexity index is 4000. The van der Waals surface area contributed by atoms with E-state index in [2.05, 4.69) is 264 Å². The van der Waals surface area contributed by atoms with Crippen molar-refractivity contribution in [3.05, 3.63) is 255 Å². The predicted molar refractivity (Wildman–Crippen MR) is 282 cm³/mol. The molecule has 0 N–H and O–H groups in total. The Labute approximate surface area is 383 Å². The molecule has 13 aromatic rings. The lowest BCUT2D eigenvalue weighted by atomic mass is 9.93. The quantitative estimate of drug-likeness (QED) is 0.155. The highest BCUT2D eigenvalue weighted by molar-refractivity contribution is 6.21. The Kier molecular flexibility index (Phi) is 8.89. The molecule has 66 heavy (non-hydrogen) atoms. The molecule has 0 amide bonds. The van der Waals surface area contributed by atoms with E-state index in [1.165, 1.54) is 92.7 Å². The summed E-state index contributed by atoms with van der Waals surface area (Å²) in [6.45, 7) is 0. The minimum atomic E-state index is 1.08. The van der Waals surface area contributed by atoms with Gasteiger partial charge in [-0.25, -0.2) is 0 Å². The molecule has 308 valence electrons. The van der Waals surface area contributed by atoms with Crippen LogP contribution in [-0.4, -0.2) is 4.57 Å². The summed E-state index contributed by atoms with van der Waals surface area (Å²) >= 11 is 0. The number of fused-ring (bicyclic) bond motifs is 8. The second-order valence-electron chi connectivity index (χ2n) is 17.2. The van der Waals surface area contributed by atoms with Crippen LogP contribution in [-0.2, 0) is 0 Å². The van der Waals surface area contributed by atoms with Gasteiger partial charge in [0.15, 0.2) is 0 Å². The Morgan fingerprint density at radius 3 is 1.73 bits per heavy atom. The van der Waals surface area contributed by atoms with Gasteiger partial charge in [-0.2, -0.15) is 0 Å². The van der Waals surface area contributed by atoms with E-state index in [0.29, 0.717) is 0 Å². The Morgan fingerprint density at radius 2 is 0.879 bits per heavy atom. The third kappa shape index (κ3) is 6.18. The maximum atomic E-state index is 2.46. The molecule has 0 aliphatic rings. The monoisotopic (exact) mass is 838 g/mol. The van der Waals surface area contributed by atoms with Crippen molar-refractivity contribution in [1.29, 1.82) is 0 Å². The largest absolute Gasteiger partial charge is 0.309 e. The molecule has 2 nitrogen and oxygen atoms in total. The van der Waals surface area contributed by atoms with Gasteiger partial charge in [-0.05, 0) is 120 Å². The third-order valence-corrected chi connectivity index (χ3v) is 13.6. The Morgan fingerprint density at radius 1 is 0.273 bits per heavy atom. The number of anilines is 3. The zero-order chi connectivity index (χ0) is 43.6. The van der Waals surface area contributed by atoms with E-state index in [-0.39, 0.29) is 0 Å². The van der Waals surface area contributed by atoms with Crippen LogP contribution in [0.1, 0.15) is 0 Å². The van der Waals surface area contributed by atoms with Gasteiger partial charge in [0.05, 0.1) is 22.4 Å². The zero-order valence-corrected chi connectivity index (χ0v) is 36.1. The van der Waals surface area contributed by atoms with Crippen molar-refractivity contribution in [2.45, 2.75) is 0 Å². The molecule has 2 heteroatoms. The molecule has 0 radical (unpaired) electrons. The summed E-state index contributed by atoms with van der Waals surface area (Å²) in [5.74, 6) is 0. The molecule has 1 aromatic heterocycles. The van der Waals surface area contributed by atoms with E-state index in [9.17, 15) is 0 Å². The van der Waals surface area contributed by atoms with Crippen LogP contribution in [0.3, 0.4) is 0 Å². The van der Waals surface area contributed by atoms with Crippen molar-refractivity contribution in [3.8, 4) is 39.1 Å². The first kappa shape index (κ1) is 37.8. The number of para-hydroxylation sites is 2. The van der Waals surface area contributed by atoms with Crippen molar-refractivity contribution in [1.82, 2.24) is 4.57 Å². The van der Waals surface area contributed by atoms with Gasteiger partial charge in [0.2, 0.25) is 0 Å². The highest BCUT2D eigenvalue weighted by atomic mass is 15.1. The fraction of sp³-hybridized carbons (Fsp3) is 0. The van der Waals surface area contributed by atoms with Crippen molar-refractivity contribution in [2.24, 2.45) is 0 Å². The molecule has 0 spiro atoms. The van der Waals surface area contributed by atoms with Crippen LogP contribution in [0.15, 0.2) is 255 Å². The maximum Gasteiger partial charge on any atom is 0.0547 e. The van der Waals surface area contributed by atoms with Gasteiger partial charge in [0.1, 0.15) is 0 Å². The van der Waals surface area contributed by atoms with Crippen molar-refractivity contribution in [3.63, 3.8) is 0 Å². The maximum absolute atomic E-state index is 2.46. The first-order chi connectivity index (χ1) is 32.7. The lowest BCUT2D eigenvalue weighted by molar-refractivity contribution is 1.18. The van der Waals surface area contributed by atoms with Gasteiger partial charge in [-0.1, -0.05) is 200 Å². The Hall–Kier alpha value is -8.72. The van der Waals surface area contributed by atoms with Crippen LogP contribution in [0.25, 0.3) is 104 Å². The van der Waals surface area contributed by atoms with Crippen LogP contribution < -0.4 is 4.90 Å². The molecular weight excluding hydrogens is 797 g/mol. The topological polar surface area (TPSA) is 8.17 Å². The molecule has 0 fully saturated rings. The first-order valence-corrected chi connectivity index (χ1v) is 22.8. The average molecular weight is 839 g/mol. The zero-order valence-electron chi connectivity index (χ0n) is 36.1. The van der Waals surface area contributed by atoms with E-state index >= 15 is 0 Å². The molecule has 0 aliphatic carbocycles. The second kappa shape index (κ2) is 15.5. The molecule has 0 bridgehead atoms. The Balaban J connectivity index is 0.972. The highest BCUT2D eigenvalue weighted by Gasteiger charge is 2.22. The highest BCUT2D eigenvalue weighted by Crippen LogP contribution is 2.47. The summed E-state index contributed by atoms with van der Waals surface area (Å²) in [4.78, 5) is 2.46.